The third-order valence-electron chi connectivity index (χ3n) is 3.10. The second kappa shape index (κ2) is 5.21. The van der Waals surface area contributed by atoms with E-state index in [0.717, 1.165) is 11.6 Å². The first-order valence-electron chi connectivity index (χ1n) is 6.14. The highest BCUT2D eigenvalue weighted by Crippen LogP contribution is 2.34. The average molecular weight is 233 g/mol. The van der Waals surface area contributed by atoms with Gasteiger partial charge in [-0.1, -0.05) is 12.8 Å². The van der Waals surface area contributed by atoms with Crippen LogP contribution in [0.15, 0.2) is 24.3 Å². The molecule has 0 radical (unpaired) electrons. The number of carbonyl (C=O) groups excluding carboxylic acids is 1. The fourth-order valence-electron chi connectivity index (χ4n) is 2.02. The average Bonchev–Trinajstić information content (AvgIpc) is 3.12. The van der Waals surface area contributed by atoms with E-state index in [1.807, 2.05) is 12.1 Å². The van der Waals surface area contributed by atoms with Gasteiger partial charge in [-0.15, -0.1) is 0 Å². The van der Waals surface area contributed by atoms with Crippen LogP contribution in [-0.4, -0.2) is 19.1 Å². The molecular weight excluding hydrogens is 214 g/mol. The van der Waals surface area contributed by atoms with Gasteiger partial charge in [-0.2, -0.15) is 0 Å². The zero-order valence-electron chi connectivity index (χ0n) is 10.4. The van der Waals surface area contributed by atoms with Gasteiger partial charge in [0.25, 0.3) is 0 Å². The molecule has 1 N–H and O–H groups in total. The molecule has 1 aliphatic carbocycles. The van der Waals surface area contributed by atoms with Crippen molar-refractivity contribution in [3.8, 4) is 0 Å². The van der Waals surface area contributed by atoms with Crippen LogP contribution in [0, 0.1) is 5.92 Å². The highest BCUT2D eigenvalue weighted by molar-refractivity contribution is 5.89. The molecule has 0 spiro atoms. The molecule has 2 rings (SSSR count). The van der Waals surface area contributed by atoms with Crippen molar-refractivity contribution >= 4 is 11.7 Å². The molecule has 1 aliphatic rings. The second-order valence-electron chi connectivity index (χ2n) is 4.79. The number of rotatable bonds is 5. The molecule has 1 aromatic rings. The first-order chi connectivity index (χ1) is 8.19. The normalized spacial score (nSPS) is 16.4. The van der Waals surface area contributed by atoms with E-state index in [-0.39, 0.29) is 5.97 Å². The third-order valence-corrected chi connectivity index (χ3v) is 3.10. The van der Waals surface area contributed by atoms with Crippen molar-refractivity contribution in [2.75, 3.05) is 12.4 Å². The Morgan fingerprint density at radius 3 is 2.59 bits per heavy atom. The fourth-order valence-corrected chi connectivity index (χ4v) is 2.02. The maximum Gasteiger partial charge on any atom is 0.337 e. The first-order valence-corrected chi connectivity index (χ1v) is 6.14. The summed E-state index contributed by atoms with van der Waals surface area (Å²) < 4.78 is 4.66. The largest absolute Gasteiger partial charge is 0.465 e. The lowest BCUT2D eigenvalue weighted by atomic mass is 10.1. The van der Waals surface area contributed by atoms with Gasteiger partial charge in [0.1, 0.15) is 0 Å². The monoisotopic (exact) mass is 233 g/mol. The second-order valence-corrected chi connectivity index (χ2v) is 4.79. The SMILES string of the molecule is COC(=O)c1ccc(NC(C)CC2CC2)cc1. The van der Waals surface area contributed by atoms with Gasteiger partial charge in [0.2, 0.25) is 0 Å². The smallest absolute Gasteiger partial charge is 0.337 e. The molecular formula is C14H19NO2. The molecule has 0 bridgehead atoms. The number of anilines is 1. The quantitative estimate of drug-likeness (QED) is 0.794. The molecule has 0 aromatic heterocycles. The maximum atomic E-state index is 11.3. The van der Waals surface area contributed by atoms with Crippen molar-refractivity contribution in [2.24, 2.45) is 5.92 Å². The van der Waals surface area contributed by atoms with Crippen molar-refractivity contribution in [1.82, 2.24) is 0 Å². The minimum absolute atomic E-state index is 0.289. The fraction of sp³-hybridized carbons (Fsp3) is 0.500. The van der Waals surface area contributed by atoms with Gasteiger partial charge in [0.05, 0.1) is 12.7 Å². The summed E-state index contributed by atoms with van der Waals surface area (Å²) in [5, 5.41) is 3.45. The Morgan fingerprint density at radius 2 is 2.06 bits per heavy atom. The molecule has 0 saturated heterocycles. The van der Waals surface area contributed by atoms with E-state index in [1.165, 1.54) is 26.4 Å². The van der Waals surface area contributed by atoms with Crippen LogP contribution in [0.2, 0.25) is 0 Å². The summed E-state index contributed by atoms with van der Waals surface area (Å²) in [5.41, 5.74) is 1.65. The van der Waals surface area contributed by atoms with E-state index in [0.29, 0.717) is 11.6 Å². The van der Waals surface area contributed by atoms with Crippen LogP contribution < -0.4 is 5.32 Å². The number of hydrogen-bond donors (Lipinski definition) is 1. The molecule has 0 amide bonds. The maximum absolute atomic E-state index is 11.3. The van der Waals surface area contributed by atoms with Crippen LogP contribution in [0.25, 0.3) is 0 Å². The van der Waals surface area contributed by atoms with Crippen molar-refractivity contribution in [2.45, 2.75) is 32.2 Å². The standard InChI is InChI=1S/C14H19NO2/c1-10(9-11-3-4-11)15-13-7-5-12(6-8-13)14(16)17-2/h5-8,10-11,15H,3-4,9H2,1-2H3. The Kier molecular flexibility index (Phi) is 3.67. The topological polar surface area (TPSA) is 38.3 Å². The molecule has 1 atom stereocenters. The van der Waals surface area contributed by atoms with Gasteiger partial charge in [-0.25, -0.2) is 4.79 Å². The molecule has 1 unspecified atom stereocenters. The van der Waals surface area contributed by atoms with Crippen LogP contribution >= 0.6 is 0 Å². The molecule has 1 aromatic carbocycles. The van der Waals surface area contributed by atoms with E-state index in [2.05, 4.69) is 17.0 Å². The van der Waals surface area contributed by atoms with Crippen molar-refractivity contribution < 1.29 is 9.53 Å². The third kappa shape index (κ3) is 3.48. The van der Waals surface area contributed by atoms with Crippen LogP contribution in [-0.2, 0) is 4.74 Å². The number of carbonyl (C=O) groups is 1. The Bertz CT molecular complexity index is 382. The zero-order chi connectivity index (χ0) is 12.3. The minimum atomic E-state index is -0.289. The van der Waals surface area contributed by atoms with Gasteiger partial charge in [0, 0.05) is 11.7 Å². The summed E-state index contributed by atoms with van der Waals surface area (Å²) in [6, 6.07) is 7.92. The van der Waals surface area contributed by atoms with Crippen LogP contribution in [0.5, 0.6) is 0 Å². The lowest BCUT2D eigenvalue weighted by Gasteiger charge is -2.14. The van der Waals surface area contributed by atoms with E-state index in [9.17, 15) is 4.79 Å². The Hall–Kier alpha value is -1.51. The molecule has 3 nitrogen and oxygen atoms in total. The molecule has 0 aliphatic heterocycles. The molecule has 0 heterocycles. The van der Waals surface area contributed by atoms with Crippen molar-refractivity contribution in [1.29, 1.82) is 0 Å². The summed E-state index contributed by atoms with van der Waals surface area (Å²) in [5.74, 6) is 0.634. The number of ether oxygens (including phenoxy) is 1. The van der Waals surface area contributed by atoms with Gasteiger partial charge < -0.3 is 10.1 Å². The molecule has 3 heteroatoms. The summed E-state index contributed by atoms with van der Waals surface area (Å²) in [7, 11) is 1.40. The lowest BCUT2D eigenvalue weighted by molar-refractivity contribution is 0.0601. The van der Waals surface area contributed by atoms with Crippen LogP contribution in [0.3, 0.4) is 0 Å². The summed E-state index contributed by atoms with van der Waals surface area (Å²) >= 11 is 0. The van der Waals surface area contributed by atoms with E-state index in [4.69, 9.17) is 0 Å². The number of benzene rings is 1. The van der Waals surface area contributed by atoms with Gasteiger partial charge in [-0.3, -0.25) is 0 Å². The van der Waals surface area contributed by atoms with Crippen molar-refractivity contribution in [3.05, 3.63) is 29.8 Å². The number of esters is 1. The summed E-state index contributed by atoms with van der Waals surface area (Å²) in [6.07, 6.45) is 4.00. The first kappa shape index (κ1) is 12.0. The number of nitrogens with one attached hydrogen (secondary N) is 1. The molecule has 17 heavy (non-hydrogen) atoms. The summed E-state index contributed by atoms with van der Waals surface area (Å²) in [4.78, 5) is 11.3. The Balaban J connectivity index is 1.90. The van der Waals surface area contributed by atoms with Gasteiger partial charge in [-0.05, 0) is 43.5 Å². The van der Waals surface area contributed by atoms with Crippen molar-refractivity contribution in [3.63, 3.8) is 0 Å². The highest BCUT2D eigenvalue weighted by Gasteiger charge is 2.23. The Morgan fingerprint density at radius 1 is 1.41 bits per heavy atom. The minimum Gasteiger partial charge on any atom is -0.465 e. The van der Waals surface area contributed by atoms with E-state index in [1.54, 1.807) is 12.1 Å². The molecule has 92 valence electrons. The van der Waals surface area contributed by atoms with E-state index < -0.39 is 0 Å². The molecule has 1 saturated carbocycles. The predicted octanol–water partition coefficient (Wildman–Crippen LogP) is 3.07. The lowest BCUT2D eigenvalue weighted by Crippen LogP contribution is -2.15. The van der Waals surface area contributed by atoms with Gasteiger partial charge in [0.15, 0.2) is 0 Å². The number of hydrogen-bond acceptors (Lipinski definition) is 3. The highest BCUT2D eigenvalue weighted by atomic mass is 16.5. The van der Waals surface area contributed by atoms with Crippen LogP contribution in [0.1, 0.15) is 36.5 Å². The number of methoxy groups -OCH3 is 1. The molecule has 1 fully saturated rings. The predicted molar refractivity (Wildman–Crippen MR) is 68.2 cm³/mol. The zero-order valence-corrected chi connectivity index (χ0v) is 10.4. The Labute approximate surface area is 102 Å². The van der Waals surface area contributed by atoms with Crippen LogP contribution in [0.4, 0.5) is 5.69 Å². The summed E-state index contributed by atoms with van der Waals surface area (Å²) in [6.45, 7) is 2.20. The van der Waals surface area contributed by atoms with E-state index >= 15 is 0 Å². The van der Waals surface area contributed by atoms with Gasteiger partial charge >= 0.3 is 5.97 Å².